The molecule has 0 bridgehead atoms. The second-order valence-corrected chi connectivity index (χ2v) is 6.82. The molecule has 1 N–H and O–H groups in total. The van der Waals surface area contributed by atoms with Crippen molar-refractivity contribution >= 4 is 0 Å². The molecule has 1 aliphatic rings. The lowest BCUT2D eigenvalue weighted by Crippen LogP contribution is -2.17. The second-order valence-electron chi connectivity index (χ2n) is 6.82. The molecule has 124 valence electrons. The van der Waals surface area contributed by atoms with E-state index in [9.17, 15) is 0 Å². The van der Waals surface area contributed by atoms with Crippen molar-refractivity contribution in [1.29, 1.82) is 0 Å². The van der Waals surface area contributed by atoms with Gasteiger partial charge in [-0.1, -0.05) is 19.9 Å². The number of ether oxygens (including phenoxy) is 1. The van der Waals surface area contributed by atoms with Crippen molar-refractivity contribution in [3.8, 4) is 5.75 Å². The molecule has 0 saturated carbocycles. The predicted octanol–water partition coefficient (Wildman–Crippen LogP) is 3.33. The molecule has 0 fully saturated rings. The van der Waals surface area contributed by atoms with Gasteiger partial charge >= 0.3 is 0 Å². The van der Waals surface area contributed by atoms with Gasteiger partial charge in [0.25, 0.3) is 0 Å². The molecule has 23 heavy (non-hydrogen) atoms. The van der Waals surface area contributed by atoms with Gasteiger partial charge in [-0.15, -0.1) is 0 Å². The van der Waals surface area contributed by atoms with Gasteiger partial charge in [-0.2, -0.15) is 0 Å². The van der Waals surface area contributed by atoms with E-state index in [4.69, 9.17) is 4.74 Å². The van der Waals surface area contributed by atoms with E-state index >= 15 is 0 Å². The van der Waals surface area contributed by atoms with Crippen LogP contribution in [0.3, 0.4) is 0 Å². The van der Waals surface area contributed by atoms with E-state index in [0.29, 0.717) is 5.92 Å². The Bertz CT molecular complexity index is 661. The van der Waals surface area contributed by atoms with Gasteiger partial charge in [0, 0.05) is 31.4 Å². The number of nitrogens with one attached hydrogen (secondary N) is 1. The first kappa shape index (κ1) is 16.1. The number of benzene rings is 1. The van der Waals surface area contributed by atoms with Gasteiger partial charge in [0.15, 0.2) is 0 Å². The van der Waals surface area contributed by atoms with Crippen molar-refractivity contribution in [2.75, 3.05) is 7.11 Å². The zero-order valence-electron chi connectivity index (χ0n) is 14.4. The smallest absolute Gasteiger partial charge is 0.123 e. The number of aromatic nitrogens is 2. The standard InChI is InChI=1S/C19H27N3O/c1-14(2)12-22-13-21-11-18(22)10-20-9-17-7-15-5-4-6-16(15)8-19(17)23-3/h7-8,11,13-14,20H,4-6,9-10,12H2,1-3H3. The highest BCUT2D eigenvalue weighted by molar-refractivity contribution is 5.44. The lowest BCUT2D eigenvalue weighted by atomic mass is 10.0. The maximum atomic E-state index is 5.58. The molecule has 3 rings (SSSR count). The van der Waals surface area contributed by atoms with Crippen molar-refractivity contribution in [1.82, 2.24) is 14.9 Å². The van der Waals surface area contributed by atoms with E-state index in [1.54, 1.807) is 7.11 Å². The summed E-state index contributed by atoms with van der Waals surface area (Å²) in [6.45, 7) is 7.12. The van der Waals surface area contributed by atoms with Crippen molar-refractivity contribution < 1.29 is 4.74 Å². The van der Waals surface area contributed by atoms with Gasteiger partial charge in [-0.05, 0) is 42.4 Å². The Morgan fingerprint density at radius 3 is 2.74 bits per heavy atom. The van der Waals surface area contributed by atoms with Gasteiger partial charge < -0.3 is 14.6 Å². The summed E-state index contributed by atoms with van der Waals surface area (Å²) in [7, 11) is 1.76. The number of methoxy groups -OCH3 is 1. The predicted molar refractivity (Wildman–Crippen MR) is 92.6 cm³/mol. The summed E-state index contributed by atoms with van der Waals surface area (Å²) in [4.78, 5) is 4.28. The maximum absolute atomic E-state index is 5.58. The summed E-state index contributed by atoms with van der Waals surface area (Å²) in [5, 5.41) is 3.54. The second kappa shape index (κ2) is 7.18. The minimum absolute atomic E-state index is 0.625. The van der Waals surface area contributed by atoms with Crippen LogP contribution in [-0.2, 0) is 32.5 Å². The average molecular weight is 313 g/mol. The van der Waals surface area contributed by atoms with Crippen LogP contribution < -0.4 is 10.1 Å². The molecule has 1 aromatic carbocycles. The monoisotopic (exact) mass is 313 g/mol. The zero-order chi connectivity index (χ0) is 16.2. The first-order valence-corrected chi connectivity index (χ1v) is 8.55. The molecule has 1 heterocycles. The zero-order valence-corrected chi connectivity index (χ0v) is 14.4. The van der Waals surface area contributed by atoms with Crippen LogP contribution >= 0.6 is 0 Å². The Hall–Kier alpha value is -1.81. The number of rotatable bonds is 7. The van der Waals surface area contributed by atoms with Crippen LogP contribution in [0.1, 0.15) is 42.7 Å². The summed E-state index contributed by atoms with van der Waals surface area (Å²) >= 11 is 0. The molecule has 1 aliphatic carbocycles. The van der Waals surface area contributed by atoms with Crippen LogP contribution in [0.2, 0.25) is 0 Å². The molecule has 0 spiro atoms. The fourth-order valence-corrected chi connectivity index (χ4v) is 3.36. The summed E-state index contributed by atoms with van der Waals surface area (Å²) in [6, 6.07) is 4.54. The normalized spacial score (nSPS) is 13.6. The Labute approximate surface area is 138 Å². The summed E-state index contributed by atoms with van der Waals surface area (Å²) in [6.07, 6.45) is 7.54. The minimum Gasteiger partial charge on any atom is -0.496 e. The van der Waals surface area contributed by atoms with Gasteiger partial charge in [0.1, 0.15) is 5.75 Å². The average Bonchev–Trinajstić information content (AvgIpc) is 3.15. The summed E-state index contributed by atoms with van der Waals surface area (Å²) in [5.74, 6) is 1.63. The topological polar surface area (TPSA) is 39.1 Å². The van der Waals surface area contributed by atoms with Gasteiger partial charge in [-0.3, -0.25) is 0 Å². The largest absolute Gasteiger partial charge is 0.496 e. The molecule has 0 aliphatic heterocycles. The fraction of sp³-hybridized carbons (Fsp3) is 0.526. The third kappa shape index (κ3) is 3.75. The van der Waals surface area contributed by atoms with E-state index < -0.39 is 0 Å². The van der Waals surface area contributed by atoms with Crippen LogP contribution in [0.15, 0.2) is 24.7 Å². The van der Waals surface area contributed by atoms with Crippen LogP contribution in [0.5, 0.6) is 5.75 Å². The third-order valence-corrected chi connectivity index (χ3v) is 4.48. The first-order chi connectivity index (χ1) is 11.2. The fourth-order valence-electron chi connectivity index (χ4n) is 3.36. The third-order valence-electron chi connectivity index (χ3n) is 4.48. The summed E-state index contributed by atoms with van der Waals surface area (Å²) < 4.78 is 7.81. The maximum Gasteiger partial charge on any atom is 0.123 e. The number of fused-ring (bicyclic) bond motifs is 1. The van der Waals surface area contributed by atoms with Gasteiger partial charge in [0.2, 0.25) is 0 Å². The number of imidazole rings is 1. The van der Waals surface area contributed by atoms with E-state index in [1.165, 1.54) is 41.6 Å². The van der Waals surface area contributed by atoms with Gasteiger partial charge in [-0.25, -0.2) is 4.98 Å². The van der Waals surface area contributed by atoms with Crippen LogP contribution in [0.25, 0.3) is 0 Å². The molecule has 0 amide bonds. The molecule has 0 atom stereocenters. The Kier molecular flexibility index (Phi) is 5.01. The number of nitrogens with zero attached hydrogens (tertiary/aromatic N) is 2. The van der Waals surface area contributed by atoms with E-state index in [2.05, 4.69) is 40.8 Å². The van der Waals surface area contributed by atoms with Crippen molar-refractivity contribution in [2.24, 2.45) is 5.92 Å². The molecule has 1 aromatic heterocycles. The Balaban J connectivity index is 1.64. The Morgan fingerprint density at radius 1 is 1.22 bits per heavy atom. The van der Waals surface area contributed by atoms with Crippen LogP contribution in [0, 0.1) is 5.92 Å². The number of aryl methyl sites for hydroxylation is 2. The highest BCUT2D eigenvalue weighted by Gasteiger charge is 2.15. The van der Waals surface area contributed by atoms with Crippen molar-refractivity contribution in [2.45, 2.75) is 52.7 Å². The van der Waals surface area contributed by atoms with Crippen molar-refractivity contribution in [3.63, 3.8) is 0 Å². The molecule has 4 heteroatoms. The van der Waals surface area contributed by atoms with E-state index in [0.717, 1.165) is 25.4 Å². The quantitative estimate of drug-likeness (QED) is 0.852. The lowest BCUT2D eigenvalue weighted by molar-refractivity contribution is 0.406. The van der Waals surface area contributed by atoms with Crippen LogP contribution in [-0.4, -0.2) is 16.7 Å². The molecule has 0 saturated heterocycles. The SMILES string of the molecule is COc1cc2c(cc1CNCc1cncn1CC(C)C)CCC2. The highest BCUT2D eigenvalue weighted by Crippen LogP contribution is 2.29. The first-order valence-electron chi connectivity index (χ1n) is 8.55. The molecular formula is C19H27N3O. The number of hydrogen-bond donors (Lipinski definition) is 1. The minimum atomic E-state index is 0.625. The Morgan fingerprint density at radius 2 is 2.00 bits per heavy atom. The molecular weight excluding hydrogens is 286 g/mol. The number of hydrogen-bond acceptors (Lipinski definition) is 3. The van der Waals surface area contributed by atoms with Crippen molar-refractivity contribution in [3.05, 3.63) is 47.0 Å². The molecule has 0 radical (unpaired) electrons. The lowest BCUT2D eigenvalue weighted by Gasteiger charge is -2.14. The highest BCUT2D eigenvalue weighted by atomic mass is 16.5. The molecule has 0 unspecified atom stereocenters. The molecule has 2 aromatic rings. The van der Waals surface area contributed by atoms with Crippen LogP contribution in [0.4, 0.5) is 0 Å². The van der Waals surface area contributed by atoms with Gasteiger partial charge in [0.05, 0.1) is 19.1 Å². The van der Waals surface area contributed by atoms with E-state index in [1.807, 2.05) is 12.5 Å². The van der Waals surface area contributed by atoms with E-state index in [-0.39, 0.29) is 0 Å². The molecule has 4 nitrogen and oxygen atoms in total. The summed E-state index contributed by atoms with van der Waals surface area (Å²) in [5.41, 5.74) is 5.44.